The van der Waals surface area contributed by atoms with E-state index in [0.29, 0.717) is 5.11 Å². The van der Waals surface area contributed by atoms with E-state index in [1.165, 1.54) is 0 Å². The second-order valence-corrected chi connectivity index (χ2v) is 7.97. The molecule has 0 bridgehead atoms. The second-order valence-electron chi connectivity index (χ2n) is 7.58. The average molecular weight is 427 g/mol. The Balaban J connectivity index is 1.70. The van der Waals surface area contributed by atoms with E-state index in [0.717, 1.165) is 28.5 Å². The van der Waals surface area contributed by atoms with Gasteiger partial charge in [0.05, 0.1) is 11.7 Å². The maximum absolute atomic E-state index is 9.79. The molecule has 1 aliphatic rings. The fraction of sp³-hybridized carbons (Fsp3) is 0.120. The van der Waals surface area contributed by atoms with Gasteiger partial charge in [0.1, 0.15) is 11.8 Å². The maximum atomic E-state index is 9.79. The second kappa shape index (κ2) is 7.89. The highest BCUT2D eigenvalue weighted by atomic mass is 32.1. The van der Waals surface area contributed by atoms with Crippen LogP contribution < -0.4 is 10.2 Å². The minimum Gasteiger partial charge on any atom is -0.508 e. The van der Waals surface area contributed by atoms with E-state index in [9.17, 15) is 5.11 Å². The summed E-state index contributed by atoms with van der Waals surface area (Å²) in [4.78, 5) is 6.74. The first-order valence-corrected chi connectivity index (χ1v) is 10.6. The van der Waals surface area contributed by atoms with Crippen molar-refractivity contribution in [2.24, 2.45) is 0 Å². The summed E-state index contributed by atoms with van der Waals surface area (Å²) in [6.45, 7) is 2.11. The number of thiocarbonyl (C=S) groups is 1. The van der Waals surface area contributed by atoms with Gasteiger partial charge >= 0.3 is 0 Å². The Morgan fingerprint density at radius 1 is 0.871 bits per heavy atom. The first kappa shape index (κ1) is 19.3. The van der Waals surface area contributed by atoms with Crippen molar-refractivity contribution in [3.05, 3.63) is 108 Å². The number of phenolic OH excluding ortho intramolecular Hbond substituents is 1. The van der Waals surface area contributed by atoms with E-state index >= 15 is 0 Å². The fourth-order valence-corrected chi connectivity index (χ4v) is 4.61. The van der Waals surface area contributed by atoms with Crippen molar-refractivity contribution in [2.75, 3.05) is 4.90 Å². The monoisotopic (exact) mass is 426 g/mol. The van der Waals surface area contributed by atoms with Crippen LogP contribution in [0, 0.1) is 6.92 Å². The van der Waals surface area contributed by atoms with E-state index in [4.69, 9.17) is 12.2 Å². The molecule has 5 rings (SSSR count). The van der Waals surface area contributed by atoms with Crippen molar-refractivity contribution in [3.8, 4) is 11.4 Å². The molecule has 5 nitrogen and oxygen atoms in total. The highest BCUT2D eigenvalue weighted by Gasteiger charge is 2.42. The lowest BCUT2D eigenvalue weighted by atomic mass is 10.0. The van der Waals surface area contributed by atoms with Gasteiger partial charge in [-0.25, -0.2) is 0 Å². The van der Waals surface area contributed by atoms with Crippen LogP contribution in [0.2, 0.25) is 0 Å². The lowest BCUT2D eigenvalue weighted by molar-refractivity contribution is 0.475. The van der Waals surface area contributed by atoms with Gasteiger partial charge in [-0.15, -0.1) is 0 Å². The molecule has 1 aliphatic heterocycles. The Bertz CT molecular complexity index is 1210. The highest BCUT2D eigenvalue weighted by Crippen LogP contribution is 2.42. The van der Waals surface area contributed by atoms with Crippen molar-refractivity contribution in [2.45, 2.75) is 19.0 Å². The number of anilines is 1. The van der Waals surface area contributed by atoms with Gasteiger partial charge in [-0.1, -0.05) is 24.3 Å². The van der Waals surface area contributed by atoms with Crippen LogP contribution in [0.4, 0.5) is 5.69 Å². The summed E-state index contributed by atoms with van der Waals surface area (Å²) in [7, 11) is 0. The Labute approximate surface area is 186 Å². The van der Waals surface area contributed by atoms with E-state index in [1.807, 2.05) is 54.7 Å². The van der Waals surface area contributed by atoms with E-state index < -0.39 is 0 Å². The number of aromatic nitrogens is 2. The van der Waals surface area contributed by atoms with Crippen molar-refractivity contribution in [3.63, 3.8) is 0 Å². The number of rotatable bonds is 4. The van der Waals surface area contributed by atoms with Crippen LogP contribution in [-0.4, -0.2) is 19.8 Å². The molecule has 0 aliphatic carbocycles. The number of aromatic hydroxyl groups is 1. The Hall–Kier alpha value is -3.64. The molecular weight excluding hydrogens is 404 g/mol. The number of phenols is 1. The summed E-state index contributed by atoms with van der Waals surface area (Å²) < 4.78 is 2.27. The molecule has 0 unspecified atom stereocenters. The summed E-state index contributed by atoms with van der Waals surface area (Å²) in [6, 6.07) is 27.5. The summed E-state index contributed by atoms with van der Waals surface area (Å²) in [5.74, 6) is 0.225. The Morgan fingerprint density at radius 3 is 2.32 bits per heavy atom. The molecule has 0 spiro atoms. The molecular formula is C25H22N4OS. The van der Waals surface area contributed by atoms with Crippen molar-refractivity contribution in [1.82, 2.24) is 14.9 Å². The highest BCUT2D eigenvalue weighted by molar-refractivity contribution is 7.80. The molecule has 0 radical (unpaired) electrons. The topological polar surface area (TPSA) is 53.3 Å². The number of nitrogens with zero attached hydrogens (tertiary/aromatic N) is 3. The van der Waals surface area contributed by atoms with Crippen LogP contribution in [0.15, 0.2) is 91.1 Å². The molecule has 0 amide bonds. The zero-order valence-corrected chi connectivity index (χ0v) is 17.8. The van der Waals surface area contributed by atoms with Gasteiger partial charge < -0.3 is 19.9 Å². The number of pyridine rings is 1. The summed E-state index contributed by atoms with van der Waals surface area (Å²) in [5.41, 5.74) is 5.19. The van der Waals surface area contributed by atoms with Gasteiger partial charge in [-0.05, 0) is 79.8 Å². The maximum Gasteiger partial charge on any atom is 0.174 e. The third-order valence-corrected chi connectivity index (χ3v) is 5.96. The Kier molecular flexibility index (Phi) is 4.92. The summed E-state index contributed by atoms with van der Waals surface area (Å²) in [5, 5.41) is 13.9. The molecule has 1 fully saturated rings. The number of hydrogen-bond donors (Lipinski definition) is 2. The lowest BCUT2D eigenvalue weighted by Gasteiger charge is -2.29. The third-order valence-electron chi connectivity index (χ3n) is 5.65. The number of benzene rings is 2. The molecule has 1 saturated heterocycles. The normalized spacial score (nSPS) is 18.2. The minimum atomic E-state index is -0.126. The molecule has 31 heavy (non-hydrogen) atoms. The van der Waals surface area contributed by atoms with Gasteiger partial charge in [-0.2, -0.15) is 0 Å². The van der Waals surface area contributed by atoms with Crippen LogP contribution in [0.3, 0.4) is 0 Å². The van der Waals surface area contributed by atoms with E-state index in [1.54, 1.807) is 12.1 Å². The molecule has 3 heterocycles. The van der Waals surface area contributed by atoms with Crippen LogP contribution in [0.5, 0.6) is 5.75 Å². The fourth-order valence-electron chi connectivity index (χ4n) is 4.27. The zero-order valence-electron chi connectivity index (χ0n) is 17.0. The van der Waals surface area contributed by atoms with Gasteiger partial charge in [0.25, 0.3) is 0 Å². The summed E-state index contributed by atoms with van der Waals surface area (Å²) in [6.07, 6.45) is 1.81. The van der Waals surface area contributed by atoms with Gasteiger partial charge in [-0.3, -0.25) is 4.98 Å². The zero-order chi connectivity index (χ0) is 21.4. The smallest absolute Gasteiger partial charge is 0.174 e. The quantitative estimate of drug-likeness (QED) is 0.447. The Morgan fingerprint density at radius 2 is 1.61 bits per heavy atom. The SMILES string of the molecule is Cc1ccc([C@@H]2[C@H](c3ccccn3)NC(=S)N2c2ccc(O)cc2)n1-c1ccccc1. The molecule has 2 aromatic heterocycles. The first-order chi connectivity index (χ1) is 15.1. The largest absolute Gasteiger partial charge is 0.508 e. The van der Waals surface area contributed by atoms with E-state index in [2.05, 4.69) is 51.0 Å². The van der Waals surface area contributed by atoms with Crippen molar-refractivity contribution < 1.29 is 5.11 Å². The molecule has 4 aromatic rings. The molecule has 6 heteroatoms. The van der Waals surface area contributed by atoms with Crippen LogP contribution in [0.25, 0.3) is 5.69 Å². The van der Waals surface area contributed by atoms with Gasteiger partial charge in [0.2, 0.25) is 0 Å². The minimum absolute atomic E-state index is 0.124. The predicted octanol–water partition coefficient (Wildman–Crippen LogP) is 5.06. The molecule has 2 aromatic carbocycles. The number of aryl methyl sites for hydroxylation is 1. The lowest BCUT2D eigenvalue weighted by Crippen LogP contribution is -2.30. The van der Waals surface area contributed by atoms with Gasteiger partial charge in [0.15, 0.2) is 5.11 Å². The van der Waals surface area contributed by atoms with Crippen molar-refractivity contribution in [1.29, 1.82) is 0 Å². The first-order valence-electron chi connectivity index (χ1n) is 10.2. The number of nitrogens with one attached hydrogen (secondary N) is 1. The number of hydrogen-bond acceptors (Lipinski definition) is 3. The van der Waals surface area contributed by atoms with Crippen molar-refractivity contribution >= 4 is 23.0 Å². The average Bonchev–Trinajstić information content (AvgIpc) is 3.35. The van der Waals surface area contributed by atoms with Crippen LogP contribution >= 0.6 is 12.2 Å². The molecule has 154 valence electrons. The summed E-state index contributed by atoms with van der Waals surface area (Å²) >= 11 is 5.79. The molecule has 2 atom stereocenters. The van der Waals surface area contributed by atoms with Crippen LogP contribution in [-0.2, 0) is 0 Å². The number of para-hydroxylation sites is 1. The molecule has 2 N–H and O–H groups in total. The van der Waals surface area contributed by atoms with E-state index in [-0.39, 0.29) is 17.8 Å². The standard InChI is InChI=1S/C25H22N4OS/c1-17-10-15-22(28(17)18-7-3-2-4-8-18)24-23(21-9-5-6-16-26-21)27-25(31)29(24)19-11-13-20(30)14-12-19/h2-16,23-24,30H,1H3,(H,27,31)/t23-,24+/m0/s1. The van der Waals surface area contributed by atoms with Crippen LogP contribution in [0.1, 0.15) is 29.2 Å². The third kappa shape index (κ3) is 3.45. The predicted molar refractivity (Wildman–Crippen MR) is 127 cm³/mol. The molecule has 0 saturated carbocycles. The van der Waals surface area contributed by atoms with Gasteiger partial charge in [0, 0.05) is 29.0 Å².